The third-order valence-electron chi connectivity index (χ3n) is 2.63. The van der Waals surface area contributed by atoms with Gasteiger partial charge in [-0.15, -0.1) is 0 Å². The lowest BCUT2D eigenvalue weighted by atomic mass is 10.2. The molecule has 7 heteroatoms. The molecule has 106 valence electrons. The first-order chi connectivity index (χ1) is 9.52. The number of halogens is 2. The summed E-state index contributed by atoms with van der Waals surface area (Å²) in [6.07, 6.45) is 0. The van der Waals surface area contributed by atoms with E-state index in [1.807, 2.05) is 6.07 Å². The molecule has 0 saturated carbocycles. The topological polar surface area (TPSA) is 61.6 Å². The van der Waals surface area contributed by atoms with E-state index in [0.717, 1.165) is 4.47 Å². The normalized spacial score (nSPS) is 10.4. The SMILES string of the molecule is COC(=O)c1noc(C)c1COc1ccc(Br)cc1Cl. The molecule has 0 amide bonds. The van der Waals surface area contributed by atoms with Crippen LogP contribution < -0.4 is 4.74 Å². The van der Waals surface area contributed by atoms with E-state index in [4.69, 9.17) is 20.9 Å². The van der Waals surface area contributed by atoms with E-state index in [0.29, 0.717) is 22.1 Å². The molecule has 0 radical (unpaired) electrons. The lowest BCUT2D eigenvalue weighted by Crippen LogP contribution is -2.08. The van der Waals surface area contributed by atoms with Gasteiger partial charge in [0.15, 0.2) is 5.69 Å². The summed E-state index contributed by atoms with van der Waals surface area (Å²) in [7, 11) is 1.28. The number of aromatic nitrogens is 1. The van der Waals surface area contributed by atoms with Gasteiger partial charge in [-0.2, -0.15) is 0 Å². The molecular weight excluding hydrogens is 350 g/mol. The van der Waals surface area contributed by atoms with E-state index in [2.05, 4.69) is 25.8 Å². The number of aryl methyl sites for hydroxylation is 1. The lowest BCUT2D eigenvalue weighted by Gasteiger charge is -2.08. The van der Waals surface area contributed by atoms with Gasteiger partial charge in [0, 0.05) is 4.47 Å². The second kappa shape index (κ2) is 6.28. The summed E-state index contributed by atoms with van der Waals surface area (Å²) in [5.74, 6) is 0.437. The number of hydrogen-bond acceptors (Lipinski definition) is 5. The Morgan fingerprint density at radius 1 is 1.50 bits per heavy atom. The highest BCUT2D eigenvalue weighted by Gasteiger charge is 2.21. The molecule has 0 spiro atoms. The third-order valence-corrected chi connectivity index (χ3v) is 3.42. The first kappa shape index (κ1) is 14.9. The Labute approximate surface area is 128 Å². The monoisotopic (exact) mass is 359 g/mol. The van der Waals surface area contributed by atoms with Gasteiger partial charge in [0.25, 0.3) is 0 Å². The number of methoxy groups -OCH3 is 1. The molecule has 1 heterocycles. The minimum absolute atomic E-state index is 0.109. The van der Waals surface area contributed by atoms with Crippen molar-refractivity contribution < 1.29 is 18.8 Å². The Kier molecular flexibility index (Phi) is 4.67. The van der Waals surface area contributed by atoms with Gasteiger partial charge in [0.05, 0.1) is 17.7 Å². The van der Waals surface area contributed by atoms with Crippen molar-refractivity contribution in [1.29, 1.82) is 0 Å². The molecule has 0 bridgehead atoms. The Bertz CT molecular complexity index is 641. The molecular formula is C13H11BrClNO4. The molecule has 0 N–H and O–H groups in total. The second-order valence-electron chi connectivity index (χ2n) is 3.92. The molecule has 5 nitrogen and oxygen atoms in total. The number of rotatable bonds is 4. The molecule has 2 rings (SSSR count). The van der Waals surface area contributed by atoms with Crippen molar-refractivity contribution in [2.45, 2.75) is 13.5 Å². The maximum absolute atomic E-state index is 11.5. The van der Waals surface area contributed by atoms with Gasteiger partial charge in [-0.1, -0.05) is 32.7 Å². The van der Waals surface area contributed by atoms with Crippen molar-refractivity contribution >= 4 is 33.5 Å². The Balaban J connectivity index is 2.18. The number of carbonyl (C=O) groups is 1. The van der Waals surface area contributed by atoms with E-state index in [1.54, 1.807) is 19.1 Å². The first-order valence-electron chi connectivity index (χ1n) is 5.64. The molecule has 0 saturated heterocycles. The van der Waals surface area contributed by atoms with Gasteiger partial charge in [-0.25, -0.2) is 4.79 Å². The summed E-state index contributed by atoms with van der Waals surface area (Å²) in [6.45, 7) is 1.81. The average Bonchev–Trinajstić information content (AvgIpc) is 2.78. The fraction of sp³-hybridized carbons (Fsp3) is 0.231. The van der Waals surface area contributed by atoms with Crippen LogP contribution in [0.3, 0.4) is 0 Å². The Morgan fingerprint density at radius 3 is 2.90 bits per heavy atom. The summed E-state index contributed by atoms with van der Waals surface area (Å²) in [6, 6.07) is 5.26. The van der Waals surface area contributed by atoms with Crippen molar-refractivity contribution in [3.8, 4) is 5.75 Å². The second-order valence-corrected chi connectivity index (χ2v) is 5.24. The van der Waals surface area contributed by atoms with Crippen LogP contribution in [-0.4, -0.2) is 18.2 Å². The van der Waals surface area contributed by atoms with Gasteiger partial charge in [-0.05, 0) is 25.1 Å². The molecule has 0 atom stereocenters. The minimum atomic E-state index is -0.567. The first-order valence-corrected chi connectivity index (χ1v) is 6.81. The number of hydrogen-bond donors (Lipinski definition) is 0. The summed E-state index contributed by atoms with van der Waals surface area (Å²) in [4.78, 5) is 11.5. The zero-order chi connectivity index (χ0) is 14.7. The van der Waals surface area contributed by atoms with Crippen molar-refractivity contribution in [1.82, 2.24) is 5.16 Å². The van der Waals surface area contributed by atoms with Crippen LogP contribution in [0.5, 0.6) is 5.75 Å². The Morgan fingerprint density at radius 2 is 2.25 bits per heavy atom. The maximum Gasteiger partial charge on any atom is 0.360 e. The summed E-state index contributed by atoms with van der Waals surface area (Å²) >= 11 is 9.36. The highest BCUT2D eigenvalue weighted by molar-refractivity contribution is 9.10. The van der Waals surface area contributed by atoms with Crippen molar-refractivity contribution in [2.24, 2.45) is 0 Å². The molecule has 2 aromatic rings. The molecule has 0 fully saturated rings. The van der Waals surface area contributed by atoms with Crippen LogP contribution in [0.1, 0.15) is 21.8 Å². The van der Waals surface area contributed by atoms with E-state index < -0.39 is 5.97 Å². The molecule has 0 aliphatic heterocycles. The van der Waals surface area contributed by atoms with E-state index in [-0.39, 0.29) is 12.3 Å². The zero-order valence-electron chi connectivity index (χ0n) is 10.8. The van der Waals surface area contributed by atoms with Gasteiger partial charge in [0.2, 0.25) is 0 Å². The van der Waals surface area contributed by atoms with Crippen LogP contribution in [0.25, 0.3) is 0 Å². The van der Waals surface area contributed by atoms with Crippen LogP contribution in [0.4, 0.5) is 0 Å². The van der Waals surface area contributed by atoms with Gasteiger partial charge < -0.3 is 14.0 Å². The standard InChI is InChI=1S/C13H11BrClNO4/c1-7-9(12(16-20-7)13(17)18-2)6-19-11-4-3-8(14)5-10(11)15/h3-5H,6H2,1-2H3. The molecule has 20 heavy (non-hydrogen) atoms. The fourth-order valence-electron chi connectivity index (χ4n) is 1.56. The Hall–Kier alpha value is -1.53. The third kappa shape index (κ3) is 3.13. The van der Waals surface area contributed by atoms with Crippen molar-refractivity contribution in [3.05, 3.63) is 44.7 Å². The fourth-order valence-corrected chi connectivity index (χ4v) is 2.29. The lowest BCUT2D eigenvalue weighted by molar-refractivity contribution is 0.0586. The van der Waals surface area contributed by atoms with E-state index >= 15 is 0 Å². The van der Waals surface area contributed by atoms with Gasteiger partial charge in [-0.3, -0.25) is 0 Å². The molecule has 0 unspecified atom stereocenters. The van der Waals surface area contributed by atoms with Crippen LogP contribution >= 0.6 is 27.5 Å². The van der Waals surface area contributed by atoms with Gasteiger partial charge >= 0.3 is 5.97 Å². The molecule has 0 aliphatic rings. The highest BCUT2D eigenvalue weighted by atomic mass is 79.9. The molecule has 0 aliphatic carbocycles. The molecule has 1 aromatic carbocycles. The van der Waals surface area contributed by atoms with Crippen LogP contribution in [0.2, 0.25) is 5.02 Å². The van der Waals surface area contributed by atoms with Gasteiger partial charge in [0.1, 0.15) is 18.1 Å². The van der Waals surface area contributed by atoms with Crippen LogP contribution in [0.15, 0.2) is 27.2 Å². The summed E-state index contributed by atoms with van der Waals surface area (Å²) in [5, 5.41) is 4.13. The van der Waals surface area contributed by atoms with Crippen molar-refractivity contribution in [2.75, 3.05) is 7.11 Å². The zero-order valence-corrected chi connectivity index (χ0v) is 13.1. The summed E-state index contributed by atoms with van der Waals surface area (Å²) in [5.41, 5.74) is 0.647. The van der Waals surface area contributed by atoms with Crippen LogP contribution in [0, 0.1) is 6.92 Å². The maximum atomic E-state index is 11.5. The average molecular weight is 361 g/mol. The predicted octanol–water partition coefficient (Wildman–Crippen LogP) is 3.76. The smallest absolute Gasteiger partial charge is 0.360 e. The largest absolute Gasteiger partial charge is 0.487 e. The summed E-state index contributed by atoms with van der Waals surface area (Å²) < 4.78 is 16.1. The number of nitrogens with zero attached hydrogens (tertiary/aromatic N) is 1. The van der Waals surface area contributed by atoms with E-state index in [9.17, 15) is 4.79 Å². The predicted molar refractivity (Wildman–Crippen MR) is 76.1 cm³/mol. The number of esters is 1. The molecule has 1 aromatic heterocycles. The van der Waals surface area contributed by atoms with Crippen molar-refractivity contribution in [3.63, 3.8) is 0 Å². The number of ether oxygens (including phenoxy) is 2. The number of benzene rings is 1. The number of carbonyl (C=O) groups excluding carboxylic acids is 1. The highest BCUT2D eigenvalue weighted by Crippen LogP contribution is 2.29. The van der Waals surface area contributed by atoms with Crippen LogP contribution in [-0.2, 0) is 11.3 Å². The van der Waals surface area contributed by atoms with E-state index in [1.165, 1.54) is 7.11 Å². The quantitative estimate of drug-likeness (QED) is 0.777. The minimum Gasteiger partial charge on any atom is -0.487 e.